The number of hydrogen-bond donors (Lipinski definition) is 2. The molecule has 0 saturated heterocycles. The molecule has 5 nitrogen and oxygen atoms in total. The molecule has 0 spiro atoms. The highest BCUT2D eigenvalue weighted by Gasteiger charge is 1.91. The van der Waals surface area contributed by atoms with Gasteiger partial charge in [0.25, 0.3) is 5.97 Å². The van der Waals surface area contributed by atoms with Crippen molar-refractivity contribution in [2.75, 3.05) is 27.7 Å². The average molecular weight is 239 g/mol. The zero-order valence-electron chi connectivity index (χ0n) is 10.9. The van der Waals surface area contributed by atoms with Gasteiger partial charge < -0.3 is 15.3 Å². The molecular weight excluding hydrogens is 218 g/mol. The van der Waals surface area contributed by atoms with Crippen LogP contribution in [0.5, 0.6) is 0 Å². The van der Waals surface area contributed by atoms with Crippen molar-refractivity contribution in [2.45, 2.75) is 13.3 Å². The van der Waals surface area contributed by atoms with E-state index in [1.54, 1.807) is 0 Å². The molecule has 17 heavy (non-hydrogen) atoms. The van der Waals surface area contributed by atoms with Gasteiger partial charge in [-0.3, -0.25) is 4.79 Å². The fraction of sp³-hybridized carbons (Fsp3) is 0.500. The standard InChI is InChI=1S/C10H17N3.C2H4O2/c1-12-7-6-10(9-11)5-4-8-13(2)3;1-2(3)4/h4-5,8,12H,6-7H2,1-3H3;1H3,(H,3,4). The minimum absolute atomic E-state index is 0.783. The first-order chi connectivity index (χ1) is 7.93. The second kappa shape index (κ2) is 12.3. The van der Waals surface area contributed by atoms with Crippen molar-refractivity contribution in [1.82, 2.24) is 10.2 Å². The first-order valence-corrected chi connectivity index (χ1v) is 5.22. The van der Waals surface area contributed by atoms with E-state index in [4.69, 9.17) is 15.2 Å². The molecule has 0 aromatic rings. The van der Waals surface area contributed by atoms with E-state index in [9.17, 15) is 0 Å². The highest BCUT2D eigenvalue weighted by atomic mass is 16.4. The van der Waals surface area contributed by atoms with Crippen LogP contribution in [0.3, 0.4) is 0 Å². The summed E-state index contributed by atoms with van der Waals surface area (Å²) in [6.45, 7) is 1.93. The van der Waals surface area contributed by atoms with E-state index in [0.717, 1.165) is 25.5 Å². The summed E-state index contributed by atoms with van der Waals surface area (Å²) >= 11 is 0. The Morgan fingerprint density at radius 1 is 1.53 bits per heavy atom. The normalized spacial score (nSPS) is 10.4. The number of carboxylic acids is 1. The van der Waals surface area contributed by atoms with Gasteiger partial charge >= 0.3 is 0 Å². The second-order valence-corrected chi connectivity index (χ2v) is 3.48. The van der Waals surface area contributed by atoms with Gasteiger partial charge in [-0.15, -0.1) is 0 Å². The third-order valence-electron chi connectivity index (χ3n) is 1.47. The molecule has 96 valence electrons. The van der Waals surface area contributed by atoms with Crippen LogP contribution in [0, 0.1) is 11.3 Å². The molecule has 0 aromatic carbocycles. The van der Waals surface area contributed by atoms with Crippen molar-refractivity contribution in [3.63, 3.8) is 0 Å². The van der Waals surface area contributed by atoms with Crippen molar-refractivity contribution >= 4 is 5.97 Å². The van der Waals surface area contributed by atoms with E-state index < -0.39 is 5.97 Å². The van der Waals surface area contributed by atoms with Crippen molar-refractivity contribution < 1.29 is 9.90 Å². The molecule has 5 heteroatoms. The number of allylic oxidation sites excluding steroid dienone is 2. The van der Waals surface area contributed by atoms with Crippen molar-refractivity contribution in [3.8, 4) is 6.07 Å². The van der Waals surface area contributed by atoms with Crippen molar-refractivity contribution in [1.29, 1.82) is 5.26 Å². The lowest BCUT2D eigenvalue weighted by Crippen LogP contribution is -2.07. The molecule has 0 aliphatic heterocycles. The van der Waals surface area contributed by atoms with Crippen LogP contribution in [0.15, 0.2) is 23.9 Å². The molecule has 0 amide bonds. The third kappa shape index (κ3) is 20.3. The van der Waals surface area contributed by atoms with Crippen LogP contribution >= 0.6 is 0 Å². The van der Waals surface area contributed by atoms with Crippen LogP contribution < -0.4 is 5.32 Å². The van der Waals surface area contributed by atoms with Gasteiger partial charge in [0.05, 0.1) is 6.07 Å². The van der Waals surface area contributed by atoms with Gasteiger partial charge in [-0.05, 0) is 38.4 Å². The molecule has 0 radical (unpaired) electrons. The lowest BCUT2D eigenvalue weighted by atomic mass is 10.2. The summed E-state index contributed by atoms with van der Waals surface area (Å²) < 4.78 is 0. The molecule has 0 fully saturated rings. The minimum Gasteiger partial charge on any atom is -0.481 e. The smallest absolute Gasteiger partial charge is 0.300 e. The van der Waals surface area contributed by atoms with Gasteiger partial charge in [0, 0.05) is 26.6 Å². The fourth-order valence-electron chi connectivity index (χ4n) is 0.767. The van der Waals surface area contributed by atoms with Crippen LogP contribution in [-0.2, 0) is 4.79 Å². The largest absolute Gasteiger partial charge is 0.481 e. The number of nitrogens with one attached hydrogen (secondary N) is 1. The highest BCUT2D eigenvalue weighted by Crippen LogP contribution is 1.98. The summed E-state index contributed by atoms with van der Waals surface area (Å²) in [5, 5.41) is 19.1. The van der Waals surface area contributed by atoms with E-state index in [2.05, 4.69) is 11.4 Å². The van der Waals surface area contributed by atoms with Crippen LogP contribution in [0.25, 0.3) is 0 Å². The fourth-order valence-corrected chi connectivity index (χ4v) is 0.767. The zero-order valence-corrected chi connectivity index (χ0v) is 10.9. The van der Waals surface area contributed by atoms with Gasteiger partial charge in [0.15, 0.2) is 0 Å². The molecule has 0 aliphatic carbocycles. The first-order valence-electron chi connectivity index (χ1n) is 5.22. The van der Waals surface area contributed by atoms with E-state index in [-0.39, 0.29) is 0 Å². The summed E-state index contributed by atoms with van der Waals surface area (Å²) in [6.07, 6.45) is 6.42. The predicted octanol–water partition coefficient (Wildman–Crippen LogP) is 1.21. The topological polar surface area (TPSA) is 76.4 Å². The number of rotatable bonds is 5. The minimum atomic E-state index is -0.833. The number of aliphatic carboxylic acids is 1. The number of carbonyl (C=O) groups is 1. The molecule has 0 aliphatic rings. The molecule has 0 rings (SSSR count). The summed E-state index contributed by atoms with van der Waals surface area (Å²) in [5.74, 6) is -0.833. The van der Waals surface area contributed by atoms with Crippen LogP contribution in [0.4, 0.5) is 0 Å². The second-order valence-electron chi connectivity index (χ2n) is 3.48. The van der Waals surface area contributed by atoms with Crippen LogP contribution in [0.2, 0.25) is 0 Å². The number of nitriles is 1. The molecule has 0 atom stereocenters. The molecule has 0 bridgehead atoms. The Morgan fingerprint density at radius 3 is 2.41 bits per heavy atom. The predicted molar refractivity (Wildman–Crippen MR) is 68.4 cm³/mol. The zero-order chi connectivity index (χ0) is 13.7. The van der Waals surface area contributed by atoms with Crippen molar-refractivity contribution in [2.24, 2.45) is 0 Å². The Kier molecular flexibility index (Phi) is 12.7. The molecule has 0 aromatic heterocycles. The van der Waals surface area contributed by atoms with Gasteiger partial charge in [-0.2, -0.15) is 5.26 Å². The quantitative estimate of drug-likeness (QED) is 0.557. The number of nitrogens with zero attached hydrogens (tertiary/aromatic N) is 2. The van der Waals surface area contributed by atoms with Gasteiger partial charge in [-0.1, -0.05) is 0 Å². The first kappa shape index (κ1) is 17.6. The summed E-state index contributed by atoms with van der Waals surface area (Å²) in [6, 6.07) is 2.16. The van der Waals surface area contributed by atoms with E-state index >= 15 is 0 Å². The average Bonchev–Trinajstić information content (AvgIpc) is 2.21. The third-order valence-corrected chi connectivity index (χ3v) is 1.47. The Bertz CT molecular complexity index is 297. The molecule has 0 heterocycles. The monoisotopic (exact) mass is 239 g/mol. The van der Waals surface area contributed by atoms with Gasteiger partial charge in [-0.25, -0.2) is 0 Å². The number of hydrogen-bond acceptors (Lipinski definition) is 4. The van der Waals surface area contributed by atoms with E-state index in [0.29, 0.717) is 0 Å². The Balaban J connectivity index is 0. The molecular formula is C12H21N3O2. The molecule has 2 N–H and O–H groups in total. The van der Waals surface area contributed by atoms with Crippen LogP contribution in [0.1, 0.15) is 13.3 Å². The maximum absolute atomic E-state index is 9.00. The van der Waals surface area contributed by atoms with Crippen LogP contribution in [-0.4, -0.2) is 43.7 Å². The summed E-state index contributed by atoms with van der Waals surface area (Å²) in [7, 11) is 5.78. The summed E-state index contributed by atoms with van der Waals surface area (Å²) in [5.41, 5.74) is 0.799. The maximum Gasteiger partial charge on any atom is 0.300 e. The van der Waals surface area contributed by atoms with Gasteiger partial charge in [0.2, 0.25) is 0 Å². The Labute approximate surface area is 103 Å². The number of carboxylic acid groups (broad SMARTS) is 1. The molecule has 0 unspecified atom stereocenters. The Morgan fingerprint density at radius 2 is 2.06 bits per heavy atom. The summed E-state index contributed by atoms with van der Waals surface area (Å²) in [4.78, 5) is 10.9. The van der Waals surface area contributed by atoms with E-state index in [1.165, 1.54) is 0 Å². The SMILES string of the molecule is CC(=O)O.CNCCC(C#N)=CC=CN(C)C. The van der Waals surface area contributed by atoms with E-state index in [1.807, 2.05) is 44.4 Å². The maximum atomic E-state index is 9.00. The lowest BCUT2D eigenvalue weighted by Gasteiger charge is -2.01. The van der Waals surface area contributed by atoms with Crippen molar-refractivity contribution in [3.05, 3.63) is 23.9 Å². The highest BCUT2D eigenvalue weighted by molar-refractivity contribution is 5.62. The lowest BCUT2D eigenvalue weighted by molar-refractivity contribution is -0.134. The molecule has 0 saturated carbocycles. The Hall–Kier alpha value is -1.80. The van der Waals surface area contributed by atoms with Gasteiger partial charge in [0.1, 0.15) is 0 Å².